The van der Waals surface area contributed by atoms with Crippen LogP contribution in [0.25, 0.3) is 0 Å². The van der Waals surface area contributed by atoms with Crippen LogP contribution in [-0.2, 0) is 9.59 Å². The first-order valence-electron chi connectivity index (χ1n) is 6.33. The van der Waals surface area contributed by atoms with Crippen LogP contribution in [0.4, 0.5) is 5.69 Å². The van der Waals surface area contributed by atoms with E-state index in [9.17, 15) is 19.7 Å². The quantitative estimate of drug-likeness (QED) is 0.552. The number of nitrogens with zero attached hydrogens (tertiary/aromatic N) is 1. The number of carbonyl (C=O) groups excluding carboxylic acids is 1. The van der Waals surface area contributed by atoms with Crippen molar-refractivity contribution in [2.45, 2.75) is 25.8 Å². The highest BCUT2D eigenvalue weighted by molar-refractivity contribution is 5.84. The van der Waals surface area contributed by atoms with E-state index in [1.54, 1.807) is 0 Å². The van der Waals surface area contributed by atoms with Gasteiger partial charge in [0.2, 0.25) is 0 Å². The Morgan fingerprint density at radius 3 is 2.48 bits per heavy atom. The molecule has 0 fully saturated rings. The zero-order chi connectivity index (χ0) is 15.8. The molecule has 0 saturated carbocycles. The van der Waals surface area contributed by atoms with Gasteiger partial charge in [0.15, 0.2) is 6.61 Å². The number of carboxylic acid groups (broad SMARTS) is 1. The highest BCUT2D eigenvalue weighted by atomic mass is 16.6. The van der Waals surface area contributed by atoms with Gasteiger partial charge in [-0.15, -0.1) is 0 Å². The Kier molecular flexibility index (Phi) is 6.12. The highest BCUT2D eigenvalue weighted by Gasteiger charge is 2.18. The van der Waals surface area contributed by atoms with E-state index in [2.05, 4.69) is 5.32 Å². The maximum absolute atomic E-state index is 11.6. The summed E-state index contributed by atoms with van der Waals surface area (Å²) in [6, 6.07) is 4.30. The highest BCUT2D eigenvalue weighted by Crippen LogP contribution is 2.17. The fourth-order valence-electron chi connectivity index (χ4n) is 1.60. The molecule has 0 aromatic heterocycles. The molecule has 0 aliphatic carbocycles. The van der Waals surface area contributed by atoms with Crippen LogP contribution in [0.5, 0.6) is 5.75 Å². The first kappa shape index (κ1) is 16.4. The molecule has 2 N–H and O–H groups in total. The van der Waals surface area contributed by atoms with Crippen LogP contribution in [-0.4, -0.2) is 34.6 Å². The summed E-state index contributed by atoms with van der Waals surface area (Å²) in [5.41, 5.74) is -0.0827. The third kappa shape index (κ3) is 5.47. The normalized spacial score (nSPS) is 11.5. The second kappa shape index (κ2) is 7.83. The van der Waals surface area contributed by atoms with Gasteiger partial charge in [0.05, 0.1) is 4.92 Å². The van der Waals surface area contributed by atoms with E-state index in [1.807, 2.05) is 6.92 Å². The molecule has 1 aromatic carbocycles. The summed E-state index contributed by atoms with van der Waals surface area (Å²) in [6.45, 7) is 1.46. The lowest BCUT2D eigenvalue weighted by atomic mass is 10.2. The predicted octanol–water partition coefficient (Wildman–Crippen LogP) is 1.34. The fourth-order valence-corrected chi connectivity index (χ4v) is 1.60. The summed E-state index contributed by atoms with van der Waals surface area (Å²) in [4.78, 5) is 32.4. The Bertz CT molecular complexity index is 514. The summed E-state index contributed by atoms with van der Waals surface area (Å²) in [7, 11) is 0. The van der Waals surface area contributed by atoms with Crippen molar-refractivity contribution < 1.29 is 24.4 Å². The number of carbonyl (C=O) groups is 2. The molecule has 1 unspecified atom stereocenters. The maximum atomic E-state index is 11.6. The predicted molar refractivity (Wildman–Crippen MR) is 73.1 cm³/mol. The molecule has 1 rings (SSSR count). The van der Waals surface area contributed by atoms with E-state index in [-0.39, 0.29) is 18.0 Å². The zero-order valence-electron chi connectivity index (χ0n) is 11.4. The first-order chi connectivity index (χ1) is 9.93. The standard InChI is InChI=1S/C13H16N2O6/c1-2-3-11(13(17)18)14-12(16)8-21-10-6-4-9(5-7-10)15(19)20/h4-7,11H,2-3,8H2,1H3,(H,14,16)(H,17,18). The number of ether oxygens (including phenoxy) is 1. The third-order valence-electron chi connectivity index (χ3n) is 2.63. The number of amides is 1. The van der Waals surface area contributed by atoms with Gasteiger partial charge in [0, 0.05) is 12.1 Å². The van der Waals surface area contributed by atoms with E-state index in [0.29, 0.717) is 12.8 Å². The molecular weight excluding hydrogens is 280 g/mol. The summed E-state index contributed by atoms with van der Waals surface area (Å²) in [6.07, 6.45) is 0.957. The van der Waals surface area contributed by atoms with Crippen LogP contribution in [0.3, 0.4) is 0 Å². The summed E-state index contributed by atoms with van der Waals surface area (Å²) in [5, 5.41) is 21.7. The Balaban J connectivity index is 2.48. The van der Waals surface area contributed by atoms with Crippen LogP contribution in [0.15, 0.2) is 24.3 Å². The van der Waals surface area contributed by atoms with Crippen molar-refractivity contribution in [1.82, 2.24) is 5.32 Å². The lowest BCUT2D eigenvalue weighted by Crippen LogP contribution is -2.42. The Labute approximate surface area is 120 Å². The molecule has 1 aromatic rings. The molecule has 0 radical (unpaired) electrons. The number of hydrogen-bond donors (Lipinski definition) is 2. The van der Waals surface area contributed by atoms with E-state index >= 15 is 0 Å². The number of aliphatic carboxylic acids is 1. The van der Waals surface area contributed by atoms with Crippen LogP contribution in [0.2, 0.25) is 0 Å². The Morgan fingerprint density at radius 2 is 2.00 bits per heavy atom. The topological polar surface area (TPSA) is 119 Å². The molecular formula is C13H16N2O6. The van der Waals surface area contributed by atoms with Crippen molar-refractivity contribution in [2.75, 3.05) is 6.61 Å². The lowest BCUT2D eigenvalue weighted by molar-refractivity contribution is -0.384. The van der Waals surface area contributed by atoms with Crippen LogP contribution >= 0.6 is 0 Å². The molecule has 0 saturated heterocycles. The monoisotopic (exact) mass is 296 g/mol. The summed E-state index contributed by atoms with van der Waals surface area (Å²) >= 11 is 0. The van der Waals surface area contributed by atoms with Crippen molar-refractivity contribution >= 4 is 17.6 Å². The molecule has 0 bridgehead atoms. The van der Waals surface area contributed by atoms with Gasteiger partial charge < -0.3 is 15.2 Å². The van der Waals surface area contributed by atoms with Crippen LogP contribution < -0.4 is 10.1 Å². The van der Waals surface area contributed by atoms with Gasteiger partial charge in [-0.05, 0) is 18.6 Å². The van der Waals surface area contributed by atoms with Gasteiger partial charge in [0.1, 0.15) is 11.8 Å². The number of benzene rings is 1. The number of nitrogens with one attached hydrogen (secondary N) is 1. The SMILES string of the molecule is CCCC(NC(=O)COc1ccc([N+](=O)[O-])cc1)C(=O)O. The van der Waals surface area contributed by atoms with Crippen molar-refractivity contribution in [3.8, 4) is 5.75 Å². The van der Waals surface area contributed by atoms with Crippen molar-refractivity contribution in [1.29, 1.82) is 0 Å². The van der Waals surface area contributed by atoms with Crippen LogP contribution in [0, 0.1) is 10.1 Å². The van der Waals surface area contributed by atoms with Gasteiger partial charge in [-0.2, -0.15) is 0 Å². The molecule has 21 heavy (non-hydrogen) atoms. The van der Waals surface area contributed by atoms with Gasteiger partial charge in [-0.3, -0.25) is 14.9 Å². The number of carboxylic acids is 1. The number of rotatable bonds is 8. The minimum atomic E-state index is -1.10. The molecule has 1 atom stereocenters. The second-order valence-corrected chi connectivity index (χ2v) is 4.29. The minimum Gasteiger partial charge on any atom is -0.484 e. The zero-order valence-corrected chi connectivity index (χ0v) is 11.4. The number of nitro benzene ring substituents is 1. The molecule has 0 aliphatic rings. The van der Waals surface area contributed by atoms with Crippen LogP contribution in [0.1, 0.15) is 19.8 Å². The van der Waals surface area contributed by atoms with E-state index < -0.39 is 22.8 Å². The third-order valence-corrected chi connectivity index (χ3v) is 2.63. The van der Waals surface area contributed by atoms with Crippen molar-refractivity contribution in [2.24, 2.45) is 0 Å². The van der Waals surface area contributed by atoms with Gasteiger partial charge in [0.25, 0.3) is 11.6 Å². The van der Waals surface area contributed by atoms with Gasteiger partial charge in [-0.25, -0.2) is 4.79 Å². The van der Waals surface area contributed by atoms with E-state index in [1.165, 1.54) is 24.3 Å². The largest absolute Gasteiger partial charge is 0.484 e. The molecule has 8 heteroatoms. The minimum absolute atomic E-state index is 0.0827. The van der Waals surface area contributed by atoms with Gasteiger partial charge in [-0.1, -0.05) is 13.3 Å². The van der Waals surface area contributed by atoms with Crippen molar-refractivity contribution in [3.05, 3.63) is 34.4 Å². The number of hydrogen-bond acceptors (Lipinski definition) is 5. The van der Waals surface area contributed by atoms with Gasteiger partial charge >= 0.3 is 5.97 Å². The average Bonchev–Trinajstić information content (AvgIpc) is 2.45. The second-order valence-electron chi connectivity index (χ2n) is 4.29. The number of non-ortho nitro benzene ring substituents is 1. The maximum Gasteiger partial charge on any atom is 0.326 e. The van der Waals surface area contributed by atoms with E-state index in [4.69, 9.17) is 9.84 Å². The molecule has 8 nitrogen and oxygen atoms in total. The van der Waals surface area contributed by atoms with E-state index in [0.717, 1.165) is 0 Å². The Morgan fingerprint density at radius 1 is 1.38 bits per heavy atom. The Hall–Kier alpha value is -2.64. The lowest BCUT2D eigenvalue weighted by Gasteiger charge is -2.13. The molecule has 114 valence electrons. The smallest absolute Gasteiger partial charge is 0.326 e. The number of nitro groups is 1. The summed E-state index contributed by atoms with van der Waals surface area (Å²) in [5.74, 6) is -1.37. The van der Waals surface area contributed by atoms with Crippen molar-refractivity contribution in [3.63, 3.8) is 0 Å². The average molecular weight is 296 g/mol. The fraction of sp³-hybridized carbons (Fsp3) is 0.385. The molecule has 0 heterocycles. The molecule has 1 amide bonds. The molecule has 0 spiro atoms. The first-order valence-corrected chi connectivity index (χ1v) is 6.33. The summed E-state index contributed by atoms with van der Waals surface area (Å²) < 4.78 is 5.13. The molecule has 0 aliphatic heterocycles.